The molecule has 2 aromatic carbocycles. The van der Waals surface area contributed by atoms with Crippen LogP contribution in [0.1, 0.15) is 30.9 Å². The highest BCUT2D eigenvalue weighted by molar-refractivity contribution is 7.89. The van der Waals surface area contributed by atoms with Crippen LogP contribution in [-0.2, 0) is 14.8 Å². The highest BCUT2D eigenvalue weighted by Gasteiger charge is 2.62. The van der Waals surface area contributed by atoms with Gasteiger partial charge in [0.2, 0.25) is 15.9 Å². The van der Waals surface area contributed by atoms with Gasteiger partial charge in [-0.1, -0.05) is 37.6 Å². The normalized spacial score (nSPS) is 21.0. The van der Waals surface area contributed by atoms with E-state index in [1.165, 1.54) is 24.3 Å². The Morgan fingerprint density at radius 1 is 1.22 bits per heavy atom. The van der Waals surface area contributed by atoms with Gasteiger partial charge in [-0.05, 0) is 47.7 Å². The topological polar surface area (TPSA) is 89.3 Å². The van der Waals surface area contributed by atoms with Crippen LogP contribution in [0.3, 0.4) is 0 Å². The first-order chi connectivity index (χ1) is 12.4. The summed E-state index contributed by atoms with van der Waals surface area (Å²) in [6.07, 6.45) is 0. The maximum atomic E-state index is 13.5. The number of hydrogen-bond donors (Lipinski definition) is 2. The van der Waals surface area contributed by atoms with E-state index in [-0.39, 0.29) is 33.1 Å². The number of carbonyl (C=O) groups excluding carboxylic acids is 1. The second-order valence-electron chi connectivity index (χ2n) is 7.46. The van der Waals surface area contributed by atoms with E-state index in [2.05, 4.69) is 5.32 Å². The fourth-order valence-electron chi connectivity index (χ4n) is 3.61. The Kier molecular flexibility index (Phi) is 4.82. The first kappa shape index (κ1) is 19.8. The summed E-state index contributed by atoms with van der Waals surface area (Å²) < 4.78 is 36.3. The zero-order valence-corrected chi connectivity index (χ0v) is 16.7. The fraction of sp³-hybridized carbons (Fsp3) is 0.316. The van der Waals surface area contributed by atoms with Crippen LogP contribution in [0.15, 0.2) is 41.3 Å². The number of carbonyl (C=O) groups is 1. The quantitative estimate of drug-likeness (QED) is 0.803. The molecule has 0 saturated heterocycles. The lowest BCUT2D eigenvalue weighted by Gasteiger charge is -2.10. The number of benzene rings is 2. The number of halogens is 2. The molecule has 0 bridgehead atoms. The Morgan fingerprint density at radius 2 is 1.81 bits per heavy atom. The summed E-state index contributed by atoms with van der Waals surface area (Å²) in [7, 11) is -3.76. The Bertz CT molecular complexity index is 1020. The van der Waals surface area contributed by atoms with Gasteiger partial charge in [0, 0.05) is 11.6 Å². The number of nitrogens with two attached hydrogens (primary N) is 1. The number of aryl methyl sites for hydroxylation is 1. The number of rotatable bonds is 4. The van der Waals surface area contributed by atoms with E-state index in [0.29, 0.717) is 11.3 Å². The minimum Gasteiger partial charge on any atom is -0.326 e. The molecule has 0 aliphatic heterocycles. The van der Waals surface area contributed by atoms with Crippen LogP contribution in [0, 0.1) is 24.1 Å². The molecule has 2 atom stereocenters. The molecule has 0 heterocycles. The number of amides is 1. The Balaban J connectivity index is 1.81. The second-order valence-corrected chi connectivity index (χ2v) is 9.43. The van der Waals surface area contributed by atoms with E-state index in [1.807, 2.05) is 13.8 Å². The first-order valence-electron chi connectivity index (χ1n) is 8.32. The molecule has 3 N–H and O–H groups in total. The lowest BCUT2D eigenvalue weighted by molar-refractivity contribution is -0.118. The van der Waals surface area contributed by atoms with Crippen LogP contribution in [0.4, 0.5) is 10.1 Å². The van der Waals surface area contributed by atoms with Gasteiger partial charge in [0.25, 0.3) is 0 Å². The van der Waals surface area contributed by atoms with Crippen molar-refractivity contribution in [3.8, 4) is 0 Å². The van der Waals surface area contributed by atoms with Gasteiger partial charge in [-0.15, -0.1) is 0 Å². The average molecular weight is 411 g/mol. The van der Waals surface area contributed by atoms with Gasteiger partial charge < -0.3 is 5.32 Å². The predicted molar refractivity (Wildman–Crippen MR) is 103 cm³/mol. The van der Waals surface area contributed by atoms with Crippen molar-refractivity contribution in [2.24, 2.45) is 16.5 Å². The molecule has 1 saturated carbocycles. The smallest absolute Gasteiger partial charge is 0.238 e. The third-order valence-corrected chi connectivity index (χ3v) is 6.42. The van der Waals surface area contributed by atoms with Crippen molar-refractivity contribution < 1.29 is 17.6 Å². The SMILES string of the molecule is Cc1cc(F)c(Cl)cc1NC(=O)[C@@H]1[C@@H](c2ccc(S(N)(=O)=O)cc2)C1(C)C. The van der Waals surface area contributed by atoms with Gasteiger partial charge in [0.05, 0.1) is 15.8 Å². The van der Waals surface area contributed by atoms with E-state index < -0.39 is 15.8 Å². The Morgan fingerprint density at radius 3 is 2.37 bits per heavy atom. The first-order valence-corrected chi connectivity index (χ1v) is 10.2. The van der Waals surface area contributed by atoms with Gasteiger partial charge >= 0.3 is 0 Å². The number of hydrogen-bond acceptors (Lipinski definition) is 3. The Labute approximate surface area is 162 Å². The van der Waals surface area contributed by atoms with Gasteiger partial charge in [-0.3, -0.25) is 4.79 Å². The number of sulfonamides is 1. The molecule has 1 aliphatic rings. The van der Waals surface area contributed by atoms with Crippen molar-refractivity contribution in [2.45, 2.75) is 31.6 Å². The van der Waals surface area contributed by atoms with Crippen LogP contribution in [0.2, 0.25) is 5.02 Å². The zero-order chi connectivity index (χ0) is 20.1. The maximum Gasteiger partial charge on any atom is 0.238 e. The maximum absolute atomic E-state index is 13.5. The van der Waals surface area contributed by atoms with Gasteiger partial charge in [0.1, 0.15) is 5.82 Å². The highest BCUT2D eigenvalue weighted by Crippen LogP contribution is 2.64. The fourth-order valence-corrected chi connectivity index (χ4v) is 4.28. The summed E-state index contributed by atoms with van der Waals surface area (Å²) in [6.45, 7) is 5.64. The molecule has 1 fully saturated rings. The number of primary sulfonamides is 1. The van der Waals surface area contributed by atoms with Crippen LogP contribution in [0.5, 0.6) is 0 Å². The van der Waals surface area contributed by atoms with E-state index in [0.717, 1.165) is 5.56 Å². The van der Waals surface area contributed by atoms with Crippen molar-refractivity contribution in [3.05, 3.63) is 58.4 Å². The molecular weight excluding hydrogens is 391 g/mol. The van der Waals surface area contributed by atoms with Crippen LogP contribution >= 0.6 is 11.6 Å². The molecule has 1 amide bonds. The predicted octanol–water partition coefficient (Wildman–Crippen LogP) is 3.81. The minimum atomic E-state index is -3.76. The summed E-state index contributed by atoms with van der Waals surface area (Å²) >= 11 is 5.81. The van der Waals surface area contributed by atoms with Crippen LogP contribution in [0.25, 0.3) is 0 Å². The van der Waals surface area contributed by atoms with E-state index in [9.17, 15) is 17.6 Å². The summed E-state index contributed by atoms with van der Waals surface area (Å²) in [4.78, 5) is 12.8. The lowest BCUT2D eigenvalue weighted by atomic mass is 10.0. The van der Waals surface area contributed by atoms with E-state index >= 15 is 0 Å². The minimum absolute atomic E-state index is 0.0299. The molecule has 0 aromatic heterocycles. The van der Waals surface area contributed by atoms with Crippen molar-refractivity contribution in [1.82, 2.24) is 0 Å². The molecule has 5 nitrogen and oxygen atoms in total. The third-order valence-electron chi connectivity index (χ3n) is 5.20. The third kappa shape index (κ3) is 3.72. The number of anilines is 1. The molecule has 1 aliphatic carbocycles. The molecule has 8 heteroatoms. The van der Waals surface area contributed by atoms with E-state index in [4.69, 9.17) is 16.7 Å². The van der Waals surface area contributed by atoms with Crippen molar-refractivity contribution in [2.75, 3.05) is 5.32 Å². The van der Waals surface area contributed by atoms with E-state index in [1.54, 1.807) is 19.1 Å². The largest absolute Gasteiger partial charge is 0.326 e. The second kappa shape index (κ2) is 6.58. The highest BCUT2D eigenvalue weighted by atomic mass is 35.5. The average Bonchev–Trinajstić information content (AvgIpc) is 3.14. The standard InChI is InChI=1S/C19H20ClFN2O3S/c1-10-8-14(21)13(20)9-15(10)23-18(24)17-16(19(17,2)3)11-4-6-12(7-5-11)27(22,25)26/h4-9,16-17H,1-3H3,(H,23,24)(H2,22,25,26)/t16-,17+/m1/s1. The van der Waals surface area contributed by atoms with Gasteiger partial charge in [0.15, 0.2) is 0 Å². The van der Waals surface area contributed by atoms with Gasteiger partial charge in [-0.2, -0.15) is 0 Å². The summed E-state index contributed by atoms with van der Waals surface area (Å²) in [5.74, 6) is -1.10. The van der Waals surface area contributed by atoms with Crippen molar-refractivity contribution in [3.63, 3.8) is 0 Å². The van der Waals surface area contributed by atoms with Crippen LogP contribution < -0.4 is 10.5 Å². The van der Waals surface area contributed by atoms with Crippen molar-refractivity contribution >= 4 is 33.2 Å². The molecule has 3 rings (SSSR count). The lowest BCUT2D eigenvalue weighted by Crippen LogP contribution is -2.17. The molecule has 0 radical (unpaired) electrons. The number of nitrogens with one attached hydrogen (secondary N) is 1. The Hall–Kier alpha value is -1.96. The van der Waals surface area contributed by atoms with Crippen molar-refractivity contribution in [1.29, 1.82) is 0 Å². The molecule has 144 valence electrons. The summed E-state index contributed by atoms with van der Waals surface area (Å²) in [5, 5.41) is 7.89. The molecule has 0 unspecified atom stereocenters. The monoisotopic (exact) mass is 410 g/mol. The molecule has 27 heavy (non-hydrogen) atoms. The van der Waals surface area contributed by atoms with Crippen LogP contribution in [-0.4, -0.2) is 14.3 Å². The summed E-state index contributed by atoms with van der Waals surface area (Å²) in [5.41, 5.74) is 1.61. The van der Waals surface area contributed by atoms with Gasteiger partial charge in [-0.25, -0.2) is 17.9 Å². The molecule has 2 aromatic rings. The molecular formula is C19H20ClFN2O3S. The zero-order valence-electron chi connectivity index (χ0n) is 15.1. The summed E-state index contributed by atoms with van der Waals surface area (Å²) in [6, 6.07) is 8.92. The molecule has 0 spiro atoms.